The molecule has 0 fully saturated rings. The number of fused-ring (bicyclic) bond motifs is 1. The van der Waals surface area contributed by atoms with Crippen molar-refractivity contribution >= 4 is 11.6 Å². The molecule has 0 saturated heterocycles. The molecule has 76 valence electrons. The first-order valence-corrected chi connectivity index (χ1v) is 5.60. The second kappa shape index (κ2) is 4.33. The molecule has 0 bridgehead atoms. The van der Waals surface area contributed by atoms with Crippen molar-refractivity contribution in [1.82, 2.24) is 5.32 Å². The van der Waals surface area contributed by atoms with Crippen LogP contribution >= 0.6 is 11.6 Å². The molecule has 1 nitrogen and oxygen atoms in total. The van der Waals surface area contributed by atoms with E-state index in [1.54, 1.807) is 0 Å². The molecule has 1 aromatic rings. The largest absolute Gasteiger partial charge is 0.319 e. The molecular weight excluding hydrogens is 194 g/mol. The number of hydrogen-bond donors (Lipinski definition) is 1. The molecule has 0 radical (unpaired) electrons. The Hall–Kier alpha value is -0.530. The van der Waals surface area contributed by atoms with Crippen molar-refractivity contribution in [2.75, 3.05) is 13.6 Å². The second-order valence-electron chi connectivity index (χ2n) is 4.04. The van der Waals surface area contributed by atoms with Crippen LogP contribution in [0.25, 0.3) is 0 Å². The molecule has 0 heterocycles. The average molecular weight is 210 g/mol. The third-order valence-electron chi connectivity index (χ3n) is 3.02. The summed E-state index contributed by atoms with van der Waals surface area (Å²) in [7, 11) is 2.02. The SMILES string of the molecule is CNCC1CCc2c(Cl)cccc2C1. The van der Waals surface area contributed by atoms with Gasteiger partial charge >= 0.3 is 0 Å². The summed E-state index contributed by atoms with van der Waals surface area (Å²) in [5.74, 6) is 0.783. The van der Waals surface area contributed by atoms with Gasteiger partial charge in [0.2, 0.25) is 0 Å². The first-order valence-electron chi connectivity index (χ1n) is 5.22. The Labute approximate surface area is 90.5 Å². The highest BCUT2D eigenvalue weighted by Gasteiger charge is 2.19. The lowest BCUT2D eigenvalue weighted by atomic mass is 9.84. The first kappa shape index (κ1) is 10.0. The van der Waals surface area contributed by atoms with E-state index < -0.39 is 0 Å². The van der Waals surface area contributed by atoms with Crippen LogP contribution in [0.1, 0.15) is 17.5 Å². The van der Waals surface area contributed by atoms with Crippen LogP contribution in [0.15, 0.2) is 18.2 Å². The fourth-order valence-electron chi connectivity index (χ4n) is 2.30. The summed E-state index contributed by atoms with van der Waals surface area (Å²) in [6.07, 6.45) is 3.58. The maximum atomic E-state index is 6.15. The minimum atomic E-state index is 0.783. The third kappa shape index (κ3) is 1.94. The smallest absolute Gasteiger partial charge is 0.0440 e. The van der Waals surface area contributed by atoms with Crippen molar-refractivity contribution in [3.8, 4) is 0 Å². The van der Waals surface area contributed by atoms with Gasteiger partial charge in [0, 0.05) is 5.02 Å². The van der Waals surface area contributed by atoms with E-state index in [0.29, 0.717) is 0 Å². The minimum absolute atomic E-state index is 0.783. The van der Waals surface area contributed by atoms with Crippen LogP contribution in [0, 0.1) is 5.92 Å². The fraction of sp³-hybridized carbons (Fsp3) is 0.500. The molecule has 2 rings (SSSR count). The zero-order valence-electron chi connectivity index (χ0n) is 8.52. The summed E-state index contributed by atoms with van der Waals surface area (Å²) in [5, 5.41) is 4.20. The van der Waals surface area contributed by atoms with Crippen LogP contribution in [0.5, 0.6) is 0 Å². The molecule has 0 aliphatic heterocycles. The van der Waals surface area contributed by atoms with E-state index in [2.05, 4.69) is 17.4 Å². The molecule has 14 heavy (non-hydrogen) atoms. The van der Waals surface area contributed by atoms with Crippen LogP contribution in [0.2, 0.25) is 5.02 Å². The minimum Gasteiger partial charge on any atom is -0.319 e. The Balaban J connectivity index is 2.18. The van der Waals surface area contributed by atoms with Crippen LogP contribution in [0.3, 0.4) is 0 Å². The molecule has 1 atom stereocenters. The van der Waals surface area contributed by atoms with Crippen molar-refractivity contribution in [3.05, 3.63) is 34.3 Å². The van der Waals surface area contributed by atoms with Gasteiger partial charge in [-0.1, -0.05) is 23.7 Å². The van der Waals surface area contributed by atoms with Crippen LogP contribution in [0.4, 0.5) is 0 Å². The summed E-state index contributed by atoms with van der Waals surface area (Å²) in [5.41, 5.74) is 2.82. The number of rotatable bonds is 2. The summed E-state index contributed by atoms with van der Waals surface area (Å²) >= 11 is 6.15. The van der Waals surface area contributed by atoms with Gasteiger partial charge in [0.15, 0.2) is 0 Å². The molecule has 0 saturated carbocycles. The molecular formula is C12H16ClN. The first-order chi connectivity index (χ1) is 6.81. The van der Waals surface area contributed by atoms with Gasteiger partial charge in [-0.3, -0.25) is 0 Å². The second-order valence-corrected chi connectivity index (χ2v) is 4.45. The Morgan fingerprint density at radius 1 is 1.50 bits per heavy atom. The number of halogens is 1. The Morgan fingerprint density at radius 3 is 3.14 bits per heavy atom. The van der Waals surface area contributed by atoms with Crippen LogP contribution in [-0.4, -0.2) is 13.6 Å². The third-order valence-corrected chi connectivity index (χ3v) is 3.37. The van der Waals surface area contributed by atoms with Crippen LogP contribution < -0.4 is 5.32 Å². The molecule has 1 N–H and O–H groups in total. The topological polar surface area (TPSA) is 12.0 Å². The number of benzene rings is 1. The zero-order valence-corrected chi connectivity index (χ0v) is 9.27. The predicted molar refractivity (Wildman–Crippen MR) is 60.9 cm³/mol. The number of hydrogen-bond acceptors (Lipinski definition) is 1. The summed E-state index contributed by atoms with van der Waals surface area (Å²) in [6, 6.07) is 6.27. The molecule has 0 spiro atoms. The van der Waals surface area contributed by atoms with Crippen molar-refractivity contribution in [2.45, 2.75) is 19.3 Å². The monoisotopic (exact) mass is 209 g/mol. The molecule has 1 aliphatic carbocycles. The normalized spacial score (nSPS) is 20.6. The highest BCUT2D eigenvalue weighted by atomic mass is 35.5. The maximum Gasteiger partial charge on any atom is 0.0440 e. The Kier molecular flexibility index (Phi) is 3.09. The van der Waals surface area contributed by atoms with E-state index in [1.165, 1.54) is 24.0 Å². The highest BCUT2D eigenvalue weighted by Crippen LogP contribution is 2.30. The van der Waals surface area contributed by atoms with Crippen molar-refractivity contribution in [3.63, 3.8) is 0 Å². The highest BCUT2D eigenvalue weighted by molar-refractivity contribution is 6.31. The molecule has 0 amide bonds. The van der Waals surface area contributed by atoms with Gasteiger partial charge in [0.1, 0.15) is 0 Å². The van der Waals surface area contributed by atoms with Gasteiger partial charge in [-0.15, -0.1) is 0 Å². The van der Waals surface area contributed by atoms with E-state index in [0.717, 1.165) is 23.9 Å². The van der Waals surface area contributed by atoms with Gasteiger partial charge in [-0.25, -0.2) is 0 Å². The lowest BCUT2D eigenvalue weighted by Crippen LogP contribution is -2.24. The van der Waals surface area contributed by atoms with E-state index >= 15 is 0 Å². The molecule has 1 aromatic carbocycles. The van der Waals surface area contributed by atoms with E-state index in [4.69, 9.17) is 11.6 Å². The molecule has 2 heteroatoms. The average Bonchev–Trinajstić information content (AvgIpc) is 2.18. The van der Waals surface area contributed by atoms with E-state index in [1.807, 2.05) is 13.1 Å². The molecule has 1 aliphatic rings. The van der Waals surface area contributed by atoms with Gasteiger partial charge in [0.25, 0.3) is 0 Å². The quantitative estimate of drug-likeness (QED) is 0.790. The zero-order chi connectivity index (χ0) is 9.97. The fourth-order valence-corrected chi connectivity index (χ4v) is 2.59. The molecule has 1 unspecified atom stereocenters. The lowest BCUT2D eigenvalue weighted by Gasteiger charge is -2.24. The predicted octanol–water partition coefficient (Wildman–Crippen LogP) is 2.66. The molecule has 0 aromatic heterocycles. The van der Waals surface area contributed by atoms with Crippen molar-refractivity contribution < 1.29 is 0 Å². The lowest BCUT2D eigenvalue weighted by molar-refractivity contribution is 0.440. The van der Waals surface area contributed by atoms with Gasteiger partial charge in [-0.05, 0) is 56.0 Å². The van der Waals surface area contributed by atoms with Gasteiger partial charge < -0.3 is 5.32 Å². The van der Waals surface area contributed by atoms with Crippen molar-refractivity contribution in [1.29, 1.82) is 0 Å². The summed E-state index contributed by atoms with van der Waals surface area (Å²) < 4.78 is 0. The standard InChI is InChI=1S/C12H16ClN/c1-14-8-9-5-6-11-10(7-9)3-2-4-12(11)13/h2-4,9,14H,5-8H2,1H3. The van der Waals surface area contributed by atoms with Crippen LogP contribution in [-0.2, 0) is 12.8 Å². The van der Waals surface area contributed by atoms with E-state index in [9.17, 15) is 0 Å². The van der Waals surface area contributed by atoms with Gasteiger partial charge in [0.05, 0.1) is 0 Å². The van der Waals surface area contributed by atoms with Crippen molar-refractivity contribution in [2.24, 2.45) is 5.92 Å². The summed E-state index contributed by atoms with van der Waals surface area (Å²) in [4.78, 5) is 0. The Bertz CT molecular complexity index is 322. The maximum absolute atomic E-state index is 6.15. The summed E-state index contributed by atoms with van der Waals surface area (Å²) in [6.45, 7) is 1.12. The number of nitrogens with one attached hydrogen (secondary N) is 1. The Morgan fingerprint density at radius 2 is 2.36 bits per heavy atom. The van der Waals surface area contributed by atoms with E-state index in [-0.39, 0.29) is 0 Å². The van der Waals surface area contributed by atoms with Gasteiger partial charge in [-0.2, -0.15) is 0 Å².